The van der Waals surface area contributed by atoms with E-state index in [1.165, 1.54) is 37.4 Å². The van der Waals surface area contributed by atoms with Crippen LogP contribution in [0.1, 0.15) is 26.3 Å². The number of aromatic nitrogens is 4. The first-order valence-corrected chi connectivity index (χ1v) is 8.15. The third-order valence-electron chi connectivity index (χ3n) is 4.09. The Bertz CT molecular complexity index is 1030. The first kappa shape index (κ1) is 18.8. The Kier molecular flexibility index (Phi) is 5.21. The normalized spacial score (nSPS) is 10.4. The predicted octanol–water partition coefficient (Wildman–Crippen LogP) is 1.34. The van der Waals surface area contributed by atoms with Crippen LogP contribution in [0.4, 0.5) is 5.69 Å². The van der Waals surface area contributed by atoms with Crippen LogP contribution in [0.25, 0.3) is 5.69 Å². The van der Waals surface area contributed by atoms with Crippen molar-refractivity contribution in [3.05, 3.63) is 53.3 Å². The number of nitrogens with zero attached hydrogens (tertiary/aromatic N) is 4. The highest BCUT2D eigenvalue weighted by Gasteiger charge is 2.18. The van der Waals surface area contributed by atoms with Gasteiger partial charge >= 0.3 is 0 Å². The minimum Gasteiger partial charge on any atom is -0.493 e. The zero-order valence-electron chi connectivity index (χ0n) is 15.5. The minimum atomic E-state index is -0.707. The lowest BCUT2D eigenvalue weighted by atomic mass is 10.1. The molecule has 2 amide bonds. The maximum atomic E-state index is 12.7. The fourth-order valence-electron chi connectivity index (χ4n) is 2.71. The van der Waals surface area contributed by atoms with Gasteiger partial charge in [-0.05, 0) is 47.2 Å². The van der Waals surface area contributed by atoms with Crippen LogP contribution in [0.2, 0.25) is 0 Å². The van der Waals surface area contributed by atoms with Gasteiger partial charge in [0.1, 0.15) is 6.33 Å². The van der Waals surface area contributed by atoms with E-state index in [4.69, 9.17) is 15.2 Å². The van der Waals surface area contributed by atoms with Crippen LogP contribution in [0.15, 0.2) is 36.7 Å². The Morgan fingerprint density at radius 2 is 1.82 bits per heavy atom. The summed E-state index contributed by atoms with van der Waals surface area (Å²) in [6.45, 7) is 1.83. The molecule has 3 rings (SSSR count). The summed E-state index contributed by atoms with van der Waals surface area (Å²) in [5.41, 5.74) is 7.68. The second kappa shape index (κ2) is 7.74. The summed E-state index contributed by atoms with van der Waals surface area (Å²) in [5.74, 6) is -0.438. The molecule has 0 fully saturated rings. The molecule has 0 aliphatic heterocycles. The molecular weight excluding hydrogens is 364 g/mol. The Morgan fingerprint density at radius 3 is 2.39 bits per heavy atom. The van der Waals surface area contributed by atoms with Gasteiger partial charge < -0.3 is 20.5 Å². The van der Waals surface area contributed by atoms with Crippen LogP contribution in [-0.4, -0.2) is 46.2 Å². The summed E-state index contributed by atoms with van der Waals surface area (Å²) in [4.78, 5) is 24.5. The molecule has 10 heteroatoms. The Balaban J connectivity index is 1.92. The fourth-order valence-corrected chi connectivity index (χ4v) is 2.71. The van der Waals surface area contributed by atoms with E-state index in [2.05, 4.69) is 20.8 Å². The molecule has 0 spiro atoms. The van der Waals surface area contributed by atoms with Crippen LogP contribution in [-0.2, 0) is 0 Å². The van der Waals surface area contributed by atoms with E-state index in [-0.39, 0.29) is 11.3 Å². The predicted molar refractivity (Wildman–Crippen MR) is 99.9 cm³/mol. The van der Waals surface area contributed by atoms with E-state index < -0.39 is 11.8 Å². The van der Waals surface area contributed by atoms with E-state index in [1.807, 2.05) is 6.92 Å². The molecule has 2 aromatic carbocycles. The lowest BCUT2D eigenvalue weighted by molar-refractivity contribution is 0.100. The standard InChI is InChI=1S/C18H18N6O4/c1-10-6-11(4-5-14(10)24-9-20-22-23-24)18(26)21-13-8-16(28-3)15(27-2)7-12(13)17(19)25/h4-9H,1-3H3,(H2,19,25)(H,21,26). The number of amides is 2. The zero-order chi connectivity index (χ0) is 20.3. The smallest absolute Gasteiger partial charge is 0.255 e. The maximum Gasteiger partial charge on any atom is 0.255 e. The third-order valence-corrected chi connectivity index (χ3v) is 4.09. The number of aryl methyl sites for hydroxylation is 1. The Hall–Kier alpha value is -3.95. The van der Waals surface area contributed by atoms with E-state index >= 15 is 0 Å². The number of tetrazole rings is 1. The number of hydrogen-bond donors (Lipinski definition) is 2. The van der Waals surface area contributed by atoms with Gasteiger partial charge in [-0.2, -0.15) is 0 Å². The average Bonchev–Trinajstić information content (AvgIpc) is 3.21. The lowest BCUT2D eigenvalue weighted by Crippen LogP contribution is -2.19. The quantitative estimate of drug-likeness (QED) is 0.657. The summed E-state index contributed by atoms with van der Waals surface area (Å²) in [7, 11) is 2.89. The second-order valence-corrected chi connectivity index (χ2v) is 5.83. The molecule has 0 aliphatic carbocycles. The van der Waals surface area contributed by atoms with Gasteiger partial charge in [-0.25, -0.2) is 4.68 Å². The molecule has 3 N–H and O–H groups in total. The number of primary amides is 1. The molecule has 3 aromatic rings. The molecule has 0 unspecified atom stereocenters. The average molecular weight is 382 g/mol. The van der Waals surface area contributed by atoms with Crippen LogP contribution in [0.5, 0.6) is 11.5 Å². The molecule has 1 aromatic heterocycles. The maximum absolute atomic E-state index is 12.7. The number of carbonyl (C=O) groups is 2. The number of hydrogen-bond acceptors (Lipinski definition) is 7. The molecular formula is C18H18N6O4. The number of carbonyl (C=O) groups excluding carboxylic acids is 2. The first-order chi connectivity index (χ1) is 13.4. The van der Waals surface area contributed by atoms with Crippen molar-refractivity contribution in [1.29, 1.82) is 0 Å². The summed E-state index contributed by atoms with van der Waals surface area (Å²) < 4.78 is 11.9. The first-order valence-electron chi connectivity index (χ1n) is 8.15. The number of ether oxygens (including phenoxy) is 2. The van der Waals surface area contributed by atoms with E-state index in [0.717, 1.165) is 11.3 Å². The molecule has 0 radical (unpaired) electrons. The van der Waals surface area contributed by atoms with Crippen LogP contribution < -0.4 is 20.5 Å². The highest BCUT2D eigenvalue weighted by Crippen LogP contribution is 2.33. The van der Waals surface area contributed by atoms with Gasteiger partial charge in [0, 0.05) is 11.6 Å². The lowest BCUT2D eigenvalue weighted by Gasteiger charge is -2.14. The van der Waals surface area contributed by atoms with Gasteiger partial charge in [-0.3, -0.25) is 9.59 Å². The second-order valence-electron chi connectivity index (χ2n) is 5.83. The largest absolute Gasteiger partial charge is 0.493 e. The molecule has 10 nitrogen and oxygen atoms in total. The molecule has 0 bridgehead atoms. The van der Waals surface area contributed by atoms with Gasteiger partial charge in [0.25, 0.3) is 11.8 Å². The topological polar surface area (TPSA) is 134 Å². The molecule has 0 saturated heterocycles. The summed E-state index contributed by atoms with van der Waals surface area (Å²) in [6, 6.07) is 7.95. The fraction of sp³-hybridized carbons (Fsp3) is 0.167. The Morgan fingerprint density at radius 1 is 1.11 bits per heavy atom. The van der Waals surface area contributed by atoms with Crippen molar-refractivity contribution in [1.82, 2.24) is 20.2 Å². The van der Waals surface area contributed by atoms with Crippen LogP contribution >= 0.6 is 0 Å². The van der Waals surface area contributed by atoms with E-state index in [9.17, 15) is 9.59 Å². The molecule has 28 heavy (non-hydrogen) atoms. The molecule has 1 heterocycles. The van der Waals surface area contributed by atoms with Crippen molar-refractivity contribution in [2.24, 2.45) is 5.73 Å². The van der Waals surface area contributed by atoms with Crippen LogP contribution in [0.3, 0.4) is 0 Å². The molecule has 0 saturated carbocycles. The van der Waals surface area contributed by atoms with Crippen molar-refractivity contribution >= 4 is 17.5 Å². The van der Waals surface area contributed by atoms with Crippen molar-refractivity contribution < 1.29 is 19.1 Å². The number of nitrogens with two attached hydrogens (primary N) is 1. The summed E-state index contributed by atoms with van der Waals surface area (Å²) in [6.07, 6.45) is 1.46. The van der Waals surface area contributed by atoms with Crippen molar-refractivity contribution in [3.63, 3.8) is 0 Å². The molecule has 0 aliphatic rings. The Labute approximate surface area is 160 Å². The van der Waals surface area contributed by atoms with Gasteiger partial charge in [0.15, 0.2) is 11.5 Å². The van der Waals surface area contributed by atoms with Crippen molar-refractivity contribution in [3.8, 4) is 17.2 Å². The highest BCUT2D eigenvalue weighted by molar-refractivity contribution is 6.09. The zero-order valence-corrected chi connectivity index (χ0v) is 15.5. The number of benzene rings is 2. The summed E-state index contributed by atoms with van der Waals surface area (Å²) >= 11 is 0. The highest BCUT2D eigenvalue weighted by atomic mass is 16.5. The van der Waals surface area contributed by atoms with E-state index in [0.29, 0.717) is 17.1 Å². The van der Waals surface area contributed by atoms with Gasteiger partial charge in [-0.15, -0.1) is 5.10 Å². The van der Waals surface area contributed by atoms with Crippen molar-refractivity contribution in [2.75, 3.05) is 19.5 Å². The third kappa shape index (κ3) is 3.61. The van der Waals surface area contributed by atoms with E-state index in [1.54, 1.807) is 18.2 Å². The SMILES string of the molecule is COc1cc(NC(=O)c2ccc(-n3cnnn3)c(C)c2)c(C(N)=O)cc1OC. The summed E-state index contributed by atoms with van der Waals surface area (Å²) in [5, 5.41) is 13.7. The minimum absolute atomic E-state index is 0.105. The number of anilines is 1. The number of methoxy groups -OCH3 is 2. The monoisotopic (exact) mass is 382 g/mol. The van der Waals surface area contributed by atoms with Gasteiger partial charge in [0.05, 0.1) is 31.2 Å². The van der Waals surface area contributed by atoms with Crippen LogP contribution in [0, 0.1) is 6.92 Å². The van der Waals surface area contributed by atoms with Gasteiger partial charge in [-0.1, -0.05) is 0 Å². The number of rotatable bonds is 6. The van der Waals surface area contributed by atoms with Crippen molar-refractivity contribution in [2.45, 2.75) is 6.92 Å². The number of nitrogens with one attached hydrogen (secondary N) is 1. The molecule has 0 atom stereocenters. The van der Waals surface area contributed by atoms with Gasteiger partial charge in [0.2, 0.25) is 0 Å². The molecule has 144 valence electrons.